The lowest BCUT2D eigenvalue weighted by Gasteiger charge is -2.30. The van der Waals surface area contributed by atoms with Crippen LogP contribution in [-0.2, 0) is 6.61 Å². The summed E-state index contributed by atoms with van der Waals surface area (Å²) < 4.78 is 5.96. The average Bonchev–Trinajstić information content (AvgIpc) is 2.85. The number of rotatable bonds is 6. The van der Waals surface area contributed by atoms with Gasteiger partial charge in [0.15, 0.2) is 5.82 Å². The number of hydrogen-bond donors (Lipinski definition) is 0. The van der Waals surface area contributed by atoms with Crippen molar-refractivity contribution in [3.63, 3.8) is 0 Å². The maximum Gasteiger partial charge on any atom is 0.150 e. The summed E-state index contributed by atoms with van der Waals surface area (Å²) in [7, 11) is 1.93. The lowest BCUT2D eigenvalue weighted by atomic mass is 9.97. The fraction of sp³-hybridized carbons (Fsp3) is 0.103. The molecule has 0 saturated heterocycles. The number of nitriles is 1. The Morgan fingerprint density at radius 2 is 1.58 bits per heavy atom. The van der Waals surface area contributed by atoms with Gasteiger partial charge in [-0.05, 0) is 53.5 Å². The Bertz CT molecular complexity index is 1280. The summed E-state index contributed by atoms with van der Waals surface area (Å²) in [5.41, 5.74) is 6.29. The van der Waals surface area contributed by atoms with Crippen molar-refractivity contribution >= 4 is 17.5 Å². The van der Waals surface area contributed by atoms with Crippen molar-refractivity contribution in [2.45, 2.75) is 13.5 Å². The SMILES string of the molecule is C=C(C)/C(C#N)=C1/N=CC(c2ccccc2)=C(c2ccc(OCc3ccccc3)cc2)N1C. The zero-order valence-corrected chi connectivity index (χ0v) is 18.8. The van der Waals surface area contributed by atoms with Crippen LogP contribution >= 0.6 is 0 Å². The Kier molecular flexibility index (Phi) is 6.52. The highest BCUT2D eigenvalue weighted by atomic mass is 16.5. The van der Waals surface area contributed by atoms with Crippen LogP contribution in [0.1, 0.15) is 23.6 Å². The lowest BCUT2D eigenvalue weighted by Crippen LogP contribution is -2.22. The van der Waals surface area contributed by atoms with Crippen LogP contribution in [0, 0.1) is 11.3 Å². The van der Waals surface area contributed by atoms with E-state index in [0.717, 1.165) is 33.7 Å². The highest BCUT2D eigenvalue weighted by Crippen LogP contribution is 2.36. The maximum atomic E-state index is 9.69. The van der Waals surface area contributed by atoms with E-state index in [0.29, 0.717) is 23.6 Å². The Hall–Kier alpha value is -4.36. The zero-order valence-electron chi connectivity index (χ0n) is 18.8. The van der Waals surface area contributed by atoms with E-state index in [1.165, 1.54) is 0 Å². The van der Waals surface area contributed by atoms with Gasteiger partial charge < -0.3 is 9.64 Å². The van der Waals surface area contributed by atoms with E-state index in [1.54, 1.807) is 0 Å². The summed E-state index contributed by atoms with van der Waals surface area (Å²) >= 11 is 0. The van der Waals surface area contributed by atoms with Gasteiger partial charge in [-0.15, -0.1) is 0 Å². The maximum absolute atomic E-state index is 9.69. The molecule has 0 spiro atoms. The van der Waals surface area contributed by atoms with Gasteiger partial charge in [0.2, 0.25) is 0 Å². The number of nitrogens with zero attached hydrogens (tertiary/aromatic N) is 3. The van der Waals surface area contributed by atoms with Crippen LogP contribution < -0.4 is 4.74 Å². The third-order valence-corrected chi connectivity index (χ3v) is 5.45. The number of ether oxygens (including phenoxy) is 1. The average molecular weight is 432 g/mol. The molecule has 4 rings (SSSR count). The van der Waals surface area contributed by atoms with Crippen molar-refractivity contribution in [3.05, 3.63) is 125 Å². The quantitative estimate of drug-likeness (QED) is 0.421. The van der Waals surface area contributed by atoms with Gasteiger partial charge in [-0.2, -0.15) is 5.26 Å². The summed E-state index contributed by atoms with van der Waals surface area (Å²) in [4.78, 5) is 6.60. The van der Waals surface area contributed by atoms with E-state index in [-0.39, 0.29) is 0 Å². The number of aliphatic imine (C=N–C) groups is 1. The first kappa shape index (κ1) is 21.9. The lowest BCUT2D eigenvalue weighted by molar-refractivity contribution is 0.306. The fourth-order valence-electron chi connectivity index (χ4n) is 3.76. The molecule has 0 bridgehead atoms. The van der Waals surface area contributed by atoms with Crippen molar-refractivity contribution in [2.75, 3.05) is 7.05 Å². The van der Waals surface area contributed by atoms with Crippen LogP contribution in [0.4, 0.5) is 0 Å². The van der Waals surface area contributed by atoms with Crippen LogP contribution in [0.15, 0.2) is 113 Å². The molecular formula is C29H25N3O. The predicted molar refractivity (Wildman–Crippen MR) is 134 cm³/mol. The van der Waals surface area contributed by atoms with Gasteiger partial charge in [-0.25, -0.2) is 4.99 Å². The third kappa shape index (κ3) is 4.78. The second-order valence-corrected chi connectivity index (χ2v) is 7.83. The van der Waals surface area contributed by atoms with Crippen molar-refractivity contribution in [2.24, 2.45) is 4.99 Å². The van der Waals surface area contributed by atoms with E-state index >= 15 is 0 Å². The topological polar surface area (TPSA) is 48.6 Å². The van der Waals surface area contributed by atoms with E-state index in [1.807, 2.05) is 97.9 Å². The molecule has 0 radical (unpaired) electrons. The largest absolute Gasteiger partial charge is 0.489 e. The third-order valence-electron chi connectivity index (χ3n) is 5.45. The first-order valence-corrected chi connectivity index (χ1v) is 10.7. The number of benzene rings is 3. The molecule has 3 aromatic carbocycles. The molecule has 0 unspecified atom stereocenters. The summed E-state index contributed by atoms with van der Waals surface area (Å²) in [5, 5.41) is 9.69. The van der Waals surface area contributed by atoms with Crippen molar-refractivity contribution < 1.29 is 4.74 Å². The monoisotopic (exact) mass is 431 g/mol. The predicted octanol–water partition coefficient (Wildman–Crippen LogP) is 6.46. The van der Waals surface area contributed by atoms with E-state index in [2.05, 4.69) is 29.8 Å². The summed E-state index contributed by atoms with van der Waals surface area (Å²) in [6.45, 7) is 6.29. The van der Waals surface area contributed by atoms with Gasteiger partial charge in [0.1, 0.15) is 18.4 Å². The number of allylic oxidation sites excluding steroid dienone is 3. The molecule has 0 aromatic heterocycles. The Morgan fingerprint density at radius 1 is 0.939 bits per heavy atom. The normalized spacial score (nSPS) is 14.6. The molecule has 33 heavy (non-hydrogen) atoms. The molecule has 4 nitrogen and oxygen atoms in total. The fourth-order valence-corrected chi connectivity index (χ4v) is 3.76. The minimum Gasteiger partial charge on any atom is -0.489 e. The minimum atomic E-state index is 0.473. The molecule has 0 amide bonds. The first-order valence-electron chi connectivity index (χ1n) is 10.7. The molecule has 1 aliphatic heterocycles. The van der Waals surface area contributed by atoms with Gasteiger partial charge in [-0.1, -0.05) is 67.2 Å². The van der Waals surface area contributed by atoms with Crippen LogP contribution in [0.2, 0.25) is 0 Å². The minimum absolute atomic E-state index is 0.473. The second kappa shape index (κ2) is 9.84. The molecule has 162 valence electrons. The van der Waals surface area contributed by atoms with Crippen LogP contribution in [-0.4, -0.2) is 18.2 Å². The molecule has 0 saturated carbocycles. The number of hydrogen-bond acceptors (Lipinski definition) is 4. The standard InChI is InChI=1S/C29H25N3O/c1-21(2)26(18-30)29-31-19-27(23-12-8-5-9-13-23)28(32(29)3)24-14-16-25(17-15-24)33-20-22-10-6-4-7-11-22/h4-17,19H,1,20H2,2-3H3/b29-26-. The second-order valence-electron chi connectivity index (χ2n) is 7.83. The Labute approximate surface area is 195 Å². The van der Waals surface area contributed by atoms with E-state index in [9.17, 15) is 5.26 Å². The van der Waals surface area contributed by atoms with E-state index < -0.39 is 0 Å². The molecule has 3 aromatic rings. The summed E-state index contributed by atoms with van der Waals surface area (Å²) in [6, 6.07) is 30.5. The summed E-state index contributed by atoms with van der Waals surface area (Å²) in [5.74, 6) is 1.39. The molecule has 4 heteroatoms. The van der Waals surface area contributed by atoms with Gasteiger partial charge in [0.05, 0.1) is 11.3 Å². The molecule has 0 fully saturated rings. The molecule has 0 aliphatic carbocycles. The van der Waals surface area contributed by atoms with Crippen LogP contribution in [0.25, 0.3) is 11.3 Å². The molecule has 1 aliphatic rings. The van der Waals surface area contributed by atoms with Crippen LogP contribution in [0.3, 0.4) is 0 Å². The van der Waals surface area contributed by atoms with Crippen molar-refractivity contribution in [1.29, 1.82) is 5.26 Å². The Morgan fingerprint density at radius 3 is 2.18 bits per heavy atom. The summed E-state index contributed by atoms with van der Waals surface area (Å²) in [6.07, 6.45) is 1.83. The van der Waals surface area contributed by atoms with Gasteiger partial charge in [-0.3, -0.25) is 0 Å². The molecule has 0 N–H and O–H groups in total. The Balaban J connectivity index is 1.72. The molecule has 1 heterocycles. The molecular weight excluding hydrogens is 406 g/mol. The molecule has 0 atom stereocenters. The highest BCUT2D eigenvalue weighted by Gasteiger charge is 2.24. The smallest absolute Gasteiger partial charge is 0.150 e. The van der Waals surface area contributed by atoms with Crippen molar-refractivity contribution in [1.82, 2.24) is 4.90 Å². The van der Waals surface area contributed by atoms with Crippen molar-refractivity contribution in [3.8, 4) is 11.8 Å². The van der Waals surface area contributed by atoms with E-state index in [4.69, 9.17) is 4.74 Å². The zero-order chi connectivity index (χ0) is 23.2. The van der Waals surface area contributed by atoms with Gasteiger partial charge in [0.25, 0.3) is 0 Å². The first-order chi connectivity index (χ1) is 16.1. The van der Waals surface area contributed by atoms with Gasteiger partial charge >= 0.3 is 0 Å². The van der Waals surface area contributed by atoms with Crippen LogP contribution in [0.5, 0.6) is 5.75 Å². The van der Waals surface area contributed by atoms with Gasteiger partial charge in [0, 0.05) is 18.8 Å². The highest BCUT2D eigenvalue weighted by molar-refractivity contribution is 6.20.